The van der Waals surface area contributed by atoms with E-state index < -0.39 is 0 Å². The second kappa shape index (κ2) is 8.58. The van der Waals surface area contributed by atoms with Gasteiger partial charge in [-0.05, 0) is 12.8 Å². The predicted octanol–water partition coefficient (Wildman–Crippen LogP) is 0.904. The zero-order valence-electron chi connectivity index (χ0n) is 9.10. The molecule has 0 radical (unpaired) electrons. The predicted molar refractivity (Wildman–Crippen MR) is 58.8 cm³/mol. The van der Waals surface area contributed by atoms with Gasteiger partial charge in [0.2, 0.25) is 5.91 Å². The van der Waals surface area contributed by atoms with Crippen molar-refractivity contribution in [1.29, 1.82) is 0 Å². The molecule has 0 aromatic carbocycles. The van der Waals surface area contributed by atoms with Crippen LogP contribution in [0.1, 0.15) is 33.1 Å². The maximum atomic E-state index is 11.2. The molecule has 0 bridgehead atoms. The summed E-state index contributed by atoms with van der Waals surface area (Å²) in [6.07, 6.45) is 8.20. The van der Waals surface area contributed by atoms with Crippen LogP contribution in [0.2, 0.25) is 0 Å². The molecule has 0 aliphatic rings. The summed E-state index contributed by atoms with van der Waals surface area (Å²) in [6.45, 7) is 5.14. The van der Waals surface area contributed by atoms with Crippen molar-refractivity contribution in [3.8, 4) is 12.3 Å². The lowest BCUT2D eigenvalue weighted by Gasteiger charge is -2.11. The van der Waals surface area contributed by atoms with Gasteiger partial charge in [-0.25, -0.2) is 0 Å². The van der Waals surface area contributed by atoms with Crippen LogP contribution in [0.5, 0.6) is 0 Å². The van der Waals surface area contributed by atoms with Gasteiger partial charge in [-0.2, -0.15) is 0 Å². The Balaban J connectivity index is 3.58. The van der Waals surface area contributed by atoms with E-state index in [1.807, 2.05) is 6.92 Å². The number of nitrogens with one attached hydrogen (secondary N) is 2. The number of carbonyl (C=O) groups excluding carboxylic acids is 1. The highest BCUT2D eigenvalue weighted by Crippen LogP contribution is 1.93. The molecule has 2 N–H and O–H groups in total. The third-order valence-electron chi connectivity index (χ3n) is 1.86. The maximum Gasteiger partial charge on any atom is 0.233 e. The van der Waals surface area contributed by atoms with Crippen LogP contribution in [-0.4, -0.2) is 25.0 Å². The standard InChI is InChI=1S/C11H20N2O/c1-4-7-10(6-3)13-9-11(14)12-8-5-2/h3,10,13H,4-5,7-9H2,1-2H3,(H,12,14). The molecule has 0 aliphatic carbocycles. The molecule has 1 unspecified atom stereocenters. The molecular formula is C11H20N2O. The summed E-state index contributed by atoms with van der Waals surface area (Å²) in [5.41, 5.74) is 0. The van der Waals surface area contributed by atoms with Crippen molar-refractivity contribution >= 4 is 5.91 Å². The summed E-state index contributed by atoms with van der Waals surface area (Å²) in [4.78, 5) is 11.2. The molecule has 0 aromatic heterocycles. The average Bonchev–Trinajstić information content (AvgIpc) is 2.21. The van der Waals surface area contributed by atoms with Crippen LogP contribution in [0.15, 0.2) is 0 Å². The summed E-state index contributed by atoms with van der Waals surface area (Å²) in [5, 5.41) is 5.81. The first-order valence-corrected chi connectivity index (χ1v) is 5.20. The fraction of sp³-hybridized carbons (Fsp3) is 0.727. The summed E-state index contributed by atoms with van der Waals surface area (Å²) in [7, 11) is 0. The van der Waals surface area contributed by atoms with Gasteiger partial charge in [0, 0.05) is 6.54 Å². The van der Waals surface area contributed by atoms with E-state index in [1.165, 1.54) is 0 Å². The minimum atomic E-state index is 0.0169. The number of hydrogen-bond acceptors (Lipinski definition) is 2. The Labute approximate surface area is 86.6 Å². The summed E-state index contributed by atoms with van der Waals surface area (Å²) < 4.78 is 0. The second-order valence-electron chi connectivity index (χ2n) is 3.24. The van der Waals surface area contributed by atoms with Crippen molar-refractivity contribution < 1.29 is 4.79 Å². The number of amides is 1. The Morgan fingerprint density at radius 2 is 2.14 bits per heavy atom. The smallest absolute Gasteiger partial charge is 0.233 e. The topological polar surface area (TPSA) is 41.1 Å². The number of carbonyl (C=O) groups is 1. The molecule has 3 heteroatoms. The third-order valence-corrected chi connectivity index (χ3v) is 1.86. The highest BCUT2D eigenvalue weighted by Gasteiger charge is 2.05. The zero-order chi connectivity index (χ0) is 10.8. The van der Waals surface area contributed by atoms with Crippen molar-refractivity contribution in [1.82, 2.24) is 10.6 Å². The Morgan fingerprint density at radius 3 is 2.64 bits per heavy atom. The molecule has 1 amide bonds. The molecule has 0 fully saturated rings. The average molecular weight is 196 g/mol. The van der Waals surface area contributed by atoms with Crippen molar-refractivity contribution in [3.05, 3.63) is 0 Å². The largest absolute Gasteiger partial charge is 0.355 e. The molecule has 0 saturated heterocycles. The Hall–Kier alpha value is -1.01. The van der Waals surface area contributed by atoms with Crippen LogP contribution < -0.4 is 10.6 Å². The lowest BCUT2D eigenvalue weighted by Crippen LogP contribution is -2.38. The van der Waals surface area contributed by atoms with Gasteiger partial charge in [-0.3, -0.25) is 10.1 Å². The molecule has 0 rings (SSSR count). The van der Waals surface area contributed by atoms with Gasteiger partial charge >= 0.3 is 0 Å². The van der Waals surface area contributed by atoms with E-state index in [0.29, 0.717) is 6.54 Å². The number of hydrogen-bond donors (Lipinski definition) is 2. The summed E-state index contributed by atoms with van der Waals surface area (Å²) in [5.74, 6) is 2.64. The fourth-order valence-electron chi connectivity index (χ4n) is 1.08. The Bertz CT molecular complexity index is 196. The number of terminal acetylenes is 1. The molecule has 1 atom stereocenters. The lowest BCUT2D eigenvalue weighted by molar-refractivity contribution is -0.120. The minimum absolute atomic E-state index is 0.0169. The molecule has 14 heavy (non-hydrogen) atoms. The Morgan fingerprint density at radius 1 is 1.43 bits per heavy atom. The van der Waals surface area contributed by atoms with Crippen molar-refractivity contribution in [2.45, 2.75) is 39.2 Å². The van der Waals surface area contributed by atoms with E-state index in [4.69, 9.17) is 6.42 Å². The van der Waals surface area contributed by atoms with Crippen molar-refractivity contribution in [3.63, 3.8) is 0 Å². The molecule has 80 valence electrons. The highest BCUT2D eigenvalue weighted by molar-refractivity contribution is 5.78. The SMILES string of the molecule is C#CC(CCC)NCC(=O)NCCC. The van der Waals surface area contributed by atoms with Gasteiger partial charge in [-0.1, -0.05) is 26.2 Å². The van der Waals surface area contributed by atoms with Gasteiger partial charge in [0.05, 0.1) is 12.6 Å². The van der Waals surface area contributed by atoms with E-state index in [2.05, 4.69) is 23.5 Å². The molecule has 0 spiro atoms. The monoisotopic (exact) mass is 196 g/mol. The molecule has 0 aromatic rings. The summed E-state index contributed by atoms with van der Waals surface area (Å²) >= 11 is 0. The van der Waals surface area contributed by atoms with Crippen LogP contribution in [-0.2, 0) is 4.79 Å². The van der Waals surface area contributed by atoms with E-state index in [1.54, 1.807) is 0 Å². The molecule has 0 aliphatic heterocycles. The molecule has 3 nitrogen and oxygen atoms in total. The fourth-order valence-corrected chi connectivity index (χ4v) is 1.08. The molecule has 0 heterocycles. The van der Waals surface area contributed by atoms with Crippen LogP contribution in [0.4, 0.5) is 0 Å². The Kier molecular flexibility index (Phi) is 7.96. The van der Waals surface area contributed by atoms with Crippen molar-refractivity contribution in [2.75, 3.05) is 13.1 Å². The number of rotatable bonds is 7. The first-order chi connectivity index (χ1) is 6.74. The summed E-state index contributed by atoms with van der Waals surface area (Å²) in [6, 6.07) is 0.0207. The first-order valence-electron chi connectivity index (χ1n) is 5.20. The van der Waals surface area contributed by atoms with E-state index in [9.17, 15) is 4.79 Å². The maximum absolute atomic E-state index is 11.2. The molecule has 0 saturated carbocycles. The molecular weight excluding hydrogens is 176 g/mol. The lowest BCUT2D eigenvalue weighted by atomic mass is 10.2. The zero-order valence-corrected chi connectivity index (χ0v) is 9.10. The quantitative estimate of drug-likeness (QED) is 0.594. The van der Waals surface area contributed by atoms with Gasteiger partial charge in [-0.15, -0.1) is 6.42 Å². The van der Waals surface area contributed by atoms with Crippen LogP contribution in [0.25, 0.3) is 0 Å². The van der Waals surface area contributed by atoms with E-state index >= 15 is 0 Å². The van der Waals surface area contributed by atoms with Gasteiger partial charge in [0.25, 0.3) is 0 Å². The normalized spacial score (nSPS) is 11.8. The van der Waals surface area contributed by atoms with Crippen LogP contribution in [0, 0.1) is 12.3 Å². The first kappa shape index (κ1) is 13.0. The third kappa shape index (κ3) is 6.50. The minimum Gasteiger partial charge on any atom is -0.355 e. The van der Waals surface area contributed by atoms with Gasteiger partial charge in [0.1, 0.15) is 0 Å². The van der Waals surface area contributed by atoms with E-state index in [0.717, 1.165) is 25.8 Å². The van der Waals surface area contributed by atoms with Crippen molar-refractivity contribution in [2.24, 2.45) is 0 Å². The van der Waals surface area contributed by atoms with E-state index in [-0.39, 0.29) is 11.9 Å². The van der Waals surface area contributed by atoms with Gasteiger partial charge < -0.3 is 5.32 Å². The van der Waals surface area contributed by atoms with Crippen LogP contribution >= 0.6 is 0 Å². The van der Waals surface area contributed by atoms with Crippen LogP contribution in [0.3, 0.4) is 0 Å². The highest BCUT2D eigenvalue weighted by atomic mass is 16.1. The van der Waals surface area contributed by atoms with Gasteiger partial charge in [0.15, 0.2) is 0 Å². The second-order valence-corrected chi connectivity index (χ2v) is 3.24.